The van der Waals surface area contributed by atoms with Crippen LogP contribution in [0.2, 0.25) is 0 Å². The Balaban J connectivity index is 1.48. The highest BCUT2D eigenvalue weighted by Gasteiger charge is 2.28. The van der Waals surface area contributed by atoms with E-state index in [0.717, 1.165) is 12.5 Å². The fraction of sp³-hybridized carbons (Fsp3) is 0.625. The largest absolute Gasteiger partial charge is 0.508 e. The van der Waals surface area contributed by atoms with Gasteiger partial charge in [0.1, 0.15) is 5.75 Å². The molecular weight excluding hydrogens is 250 g/mol. The van der Waals surface area contributed by atoms with E-state index in [1.807, 2.05) is 12.1 Å². The molecule has 2 saturated heterocycles. The lowest BCUT2D eigenvalue weighted by molar-refractivity contribution is 0.0555. The monoisotopic (exact) mass is 275 g/mol. The van der Waals surface area contributed by atoms with E-state index in [-0.39, 0.29) is 0 Å². The fourth-order valence-electron chi connectivity index (χ4n) is 3.18. The molecule has 0 aromatic heterocycles. The van der Waals surface area contributed by atoms with Gasteiger partial charge in [-0.1, -0.05) is 12.1 Å². The number of benzene rings is 1. The van der Waals surface area contributed by atoms with Crippen molar-refractivity contribution < 1.29 is 5.11 Å². The Hall–Kier alpha value is -1.10. The zero-order valence-corrected chi connectivity index (χ0v) is 12.3. The molecule has 4 heteroatoms. The van der Waals surface area contributed by atoms with Gasteiger partial charge in [0.15, 0.2) is 0 Å². The van der Waals surface area contributed by atoms with Crippen molar-refractivity contribution in [2.24, 2.45) is 0 Å². The first-order valence-electron chi connectivity index (χ1n) is 7.69. The molecule has 0 saturated carbocycles. The summed E-state index contributed by atoms with van der Waals surface area (Å²) in [6, 6.07) is 8.97. The van der Waals surface area contributed by atoms with E-state index < -0.39 is 0 Å². The number of hydrogen-bond donors (Lipinski definition) is 2. The zero-order valence-electron chi connectivity index (χ0n) is 12.3. The number of aromatic hydroxyl groups is 1. The first-order chi connectivity index (χ1) is 9.72. The minimum Gasteiger partial charge on any atom is -0.508 e. The van der Waals surface area contributed by atoms with Crippen LogP contribution in [0.15, 0.2) is 24.3 Å². The van der Waals surface area contributed by atoms with Crippen molar-refractivity contribution in [1.29, 1.82) is 0 Å². The third kappa shape index (κ3) is 3.14. The van der Waals surface area contributed by atoms with Crippen LogP contribution in [-0.2, 0) is 6.42 Å². The Morgan fingerprint density at radius 1 is 1.15 bits per heavy atom. The number of phenols is 1. The molecule has 0 radical (unpaired) electrons. The summed E-state index contributed by atoms with van der Waals surface area (Å²) in [5.41, 5.74) is 1.31. The predicted molar refractivity (Wildman–Crippen MR) is 81.1 cm³/mol. The average Bonchev–Trinajstić information content (AvgIpc) is 2.40. The maximum Gasteiger partial charge on any atom is 0.115 e. The quantitative estimate of drug-likeness (QED) is 0.857. The van der Waals surface area contributed by atoms with E-state index in [1.54, 1.807) is 12.1 Å². The molecule has 0 aliphatic carbocycles. The number of hydrogen-bond acceptors (Lipinski definition) is 4. The molecule has 2 heterocycles. The number of rotatable bonds is 4. The summed E-state index contributed by atoms with van der Waals surface area (Å²) < 4.78 is 0. The van der Waals surface area contributed by atoms with Gasteiger partial charge in [0, 0.05) is 51.4 Å². The summed E-state index contributed by atoms with van der Waals surface area (Å²) in [5, 5.41) is 12.7. The van der Waals surface area contributed by atoms with E-state index in [1.165, 1.54) is 44.8 Å². The minimum atomic E-state index is 0.351. The Morgan fingerprint density at radius 2 is 1.80 bits per heavy atom. The Labute approximate surface area is 121 Å². The summed E-state index contributed by atoms with van der Waals surface area (Å²) in [6.07, 6.45) is 1.06. The summed E-state index contributed by atoms with van der Waals surface area (Å²) in [5.74, 6) is 0.351. The van der Waals surface area contributed by atoms with Crippen LogP contribution in [0.3, 0.4) is 0 Å². The average molecular weight is 275 g/mol. The first-order valence-corrected chi connectivity index (χ1v) is 7.69. The van der Waals surface area contributed by atoms with Crippen LogP contribution in [0, 0.1) is 0 Å². The molecule has 2 fully saturated rings. The molecule has 20 heavy (non-hydrogen) atoms. The van der Waals surface area contributed by atoms with E-state index in [9.17, 15) is 5.11 Å². The molecule has 0 amide bonds. The maximum absolute atomic E-state index is 9.33. The van der Waals surface area contributed by atoms with Crippen molar-refractivity contribution in [3.8, 4) is 5.75 Å². The van der Waals surface area contributed by atoms with E-state index in [4.69, 9.17) is 0 Å². The fourth-order valence-corrected chi connectivity index (χ4v) is 3.18. The topological polar surface area (TPSA) is 38.7 Å². The van der Waals surface area contributed by atoms with Gasteiger partial charge in [-0.3, -0.25) is 9.80 Å². The second-order valence-corrected chi connectivity index (χ2v) is 6.10. The summed E-state index contributed by atoms with van der Waals surface area (Å²) in [6.45, 7) is 9.41. The van der Waals surface area contributed by atoms with E-state index in [0.29, 0.717) is 11.8 Å². The highest BCUT2D eigenvalue weighted by Crippen LogP contribution is 2.16. The number of nitrogens with one attached hydrogen (secondary N) is 1. The first kappa shape index (κ1) is 13.9. The molecule has 1 unspecified atom stereocenters. The van der Waals surface area contributed by atoms with Crippen LogP contribution in [0.1, 0.15) is 12.5 Å². The molecule has 1 aromatic carbocycles. The van der Waals surface area contributed by atoms with Crippen LogP contribution in [-0.4, -0.2) is 66.3 Å². The molecule has 3 rings (SSSR count). The van der Waals surface area contributed by atoms with E-state index in [2.05, 4.69) is 22.0 Å². The molecule has 1 atom stereocenters. The summed E-state index contributed by atoms with van der Waals surface area (Å²) >= 11 is 0. The third-order valence-electron chi connectivity index (χ3n) is 4.72. The van der Waals surface area contributed by atoms with Gasteiger partial charge in [-0.05, 0) is 31.0 Å². The summed E-state index contributed by atoms with van der Waals surface area (Å²) in [4.78, 5) is 5.22. The van der Waals surface area contributed by atoms with Gasteiger partial charge in [-0.2, -0.15) is 0 Å². The predicted octanol–water partition coefficient (Wildman–Crippen LogP) is 0.913. The molecule has 1 aromatic rings. The van der Waals surface area contributed by atoms with Crippen LogP contribution < -0.4 is 5.32 Å². The molecule has 0 spiro atoms. The van der Waals surface area contributed by atoms with Crippen LogP contribution >= 0.6 is 0 Å². The molecule has 2 aliphatic rings. The SMILES string of the molecule is CC(Cc1ccc(O)cc1)N1CCN(C2CNC2)CC1. The number of phenolic OH excluding ortho intramolecular Hbond substituents is 1. The van der Waals surface area contributed by atoms with E-state index >= 15 is 0 Å². The second-order valence-electron chi connectivity index (χ2n) is 6.10. The van der Waals surface area contributed by atoms with Gasteiger partial charge < -0.3 is 10.4 Å². The zero-order chi connectivity index (χ0) is 13.9. The lowest BCUT2D eigenvalue weighted by atomic mass is 10.0. The van der Waals surface area contributed by atoms with Gasteiger partial charge in [0.2, 0.25) is 0 Å². The van der Waals surface area contributed by atoms with Crippen LogP contribution in [0.5, 0.6) is 5.75 Å². The van der Waals surface area contributed by atoms with Gasteiger partial charge in [0.25, 0.3) is 0 Å². The number of piperazine rings is 1. The minimum absolute atomic E-state index is 0.351. The van der Waals surface area contributed by atoms with Crippen LogP contribution in [0.4, 0.5) is 0 Å². The molecule has 2 aliphatic heterocycles. The number of nitrogens with zero attached hydrogens (tertiary/aromatic N) is 2. The van der Waals surface area contributed by atoms with Crippen molar-refractivity contribution in [3.05, 3.63) is 29.8 Å². The smallest absolute Gasteiger partial charge is 0.115 e. The molecule has 0 bridgehead atoms. The Kier molecular flexibility index (Phi) is 4.24. The van der Waals surface area contributed by atoms with Gasteiger partial charge in [-0.15, -0.1) is 0 Å². The van der Waals surface area contributed by atoms with Gasteiger partial charge in [0.05, 0.1) is 0 Å². The lowest BCUT2D eigenvalue weighted by Gasteiger charge is -2.44. The highest BCUT2D eigenvalue weighted by molar-refractivity contribution is 5.26. The standard InChI is InChI=1S/C16H25N3O/c1-13(10-14-2-4-16(20)5-3-14)18-6-8-19(9-7-18)15-11-17-12-15/h2-5,13,15,17,20H,6-12H2,1H3. The molecular formula is C16H25N3O. The molecule has 4 nitrogen and oxygen atoms in total. The van der Waals surface area contributed by atoms with Crippen molar-refractivity contribution >= 4 is 0 Å². The lowest BCUT2D eigenvalue weighted by Crippen LogP contribution is -2.62. The van der Waals surface area contributed by atoms with Crippen molar-refractivity contribution in [2.45, 2.75) is 25.4 Å². The highest BCUT2D eigenvalue weighted by atomic mass is 16.3. The van der Waals surface area contributed by atoms with Crippen molar-refractivity contribution in [1.82, 2.24) is 15.1 Å². The summed E-state index contributed by atoms with van der Waals surface area (Å²) in [7, 11) is 0. The third-order valence-corrected chi connectivity index (χ3v) is 4.72. The Bertz CT molecular complexity index is 422. The van der Waals surface area contributed by atoms with Gasteiger partial charge >= 0.3 is 0 Å². The van der Waals surface area contributed by atoms with Crippen LogP contribution in [0.25, 0.3) is 0 Å². The van der Waals surface area contributed by atoms with Crippen molar-refractivity contribution in [2.75, 3.05) is 39.3 Å². The Morgan fingerprint density at radius 3 is 2.35 bits per heavy atom. The van der Waals surface area contributed by atoms with Gasteiger partial charge in [-0.25, -0.2) is 0 Å². The van der Waals surface area contributed by atoms with Crippen molar-refractivity contribution in [3.63, 3.8) is 0 Å². The molecule has 110 valence electrons. The second kappa shape index (κ2) is 6.12. The normalized spacial score (nSPS) is 23.4. The maximum atomic E-state index is 9.33. The molecule has 2 N–H and O–H groups in total.